The number of ether oxygens (including phenoxy) is 6. The highest BCUT2D eigenvalue weighted by Crippen LogP contribution is 2.43. The monoisotopic (exact) mass is 1010 g/mol. The van der Waals surface area contributed by atoms with Gasteiger partial charge in [0.15, 0.2) is 12.6 Å². The van der Waals surface area contributed by atoms with E-state index in [1.54, 1.807) is 55.4 Å². The molecule has 0 radical (unpaired) electrons. The van der Waals surface area contributed by atoms with Gasteiger partial charge in [-0.05, 0) is 123 Å². The Morgan fingerprint density at radius 2 is 1.60 bits per heavy atom. The maximum Gasteiger partial charge on any atom is 0.311 e. The van der Waals surface area contributed by atoms with Crippen molar-refractivity contribution in [2.45, 2.75) is 217 Å². The minimum absolute atomic E-state index is 0.00126. The molecule has 17 nitrogen and oxygen atoms in total. The standard InChI is InChI=1S/C49H86ClN3O14S/c1-15-21-51-27-49(59)34(10)64-39(24-47(49,12)62-14)66-41-31(7)43(46(11,57)23-29(5)25-52-33(9)42(55)48(13,58)38(16-2)65-44(56)32(41)8)67-45-40(54)37(22-30(6)63-45)53(26-28(3)4)68(60,61)36-19-17-35(50)18-20-36/h17-20,28-34,37-43,45,51-52,54-55,57-59H,15-16,21-27H2,1-14H3/t29-,30-,31+,32-,33-,34+,37+,38-,39+,40-,41+,42-,43-,45+,46-,47-,48-,49+/m1/s1. The van der Waals surface area contributed by atoms with Crippen molar-refractivity contribution in [1.29, 1.82) is 0 Å². The lowest BCUT2D eigenvalue weighted by atomic mass is 9.75. The minimum Gasteiger partial charge on any atom is -0.459 e. The lowest BCUT2D eigenvalue weighted by Gasteiger charge is -2.53. The zero-order valence-corrected chi connectivity index (χ0v) is 44.5. The van der Waals surface area contributed by atoms with Gasteiger partial charge in [0, 0.05) is 43.6 Å². The summed E-state index contributed by atoms with van der Waals surface area (Å²) in [6.07, 6.45) is -9.40. The number of halogens is 1. The number of hydrogen-bond acceptors (Lipinski definition) is 16. The number of sulfonamides is 1. The molecule has 68 heavy (non-hydrogen) atoms. The summed E-state index contributed by atoms with van der Waals surface area (Å²) in [4.78, 5) is 14.6. The summed E-state index contributed by atoms with van der Waals surface area (Å²) < 4.78 is 68.9. The minimum atomic E-state index is -4.20. The lowest BCUT2D eigenvalue weighted by molar-refractivity contribution is -0.336. The molecule has 394 valence electrons. The second-order valence-corrected chi connectivity index (χ2v) is 23.5. The smallest absolute Gasteiger partial charge is 0.311 e. The van der Waals surface area contributed by atoms with Gasteiger partial charge in [-0.3, -0.25) is 4.79 Å². The van der Waals surface area contributed by atoms with Crippen molar-refractivity contribution in [3.63, 3.8) is 0 Å². The Bertz CT molecular complexity index is 1860. The number of aliphatic hydroxyl groups excluding tert-OH is 2. The zero-order chi connectivity index (χ0) is 51.3. The predicted molar refractivity (Wildman–Crippen MR) is 258 cm³/mol. The highest BCUT2D eigenvalue weighted by Gasteiger charge is 2.58. The Labute approximate surface area is 411 Å². The van der Waals surface area contributed by atoms with Crippen LogP contribution in [0.5, 0.6) is 0 Å². The van der Waals surface area contributed by atoms with Gasteiger partial charge in [0.25, 0.3) is 0 Å². The van der Waals surface area contributed by atoms with Gasteiger partial charge in [-0.15, -0.1) is 0 Å². The molecule has 0 aromatic heterocycles. The number of aliphatic hydroxyl groups is 5. The van der Waals surface area contributed by atoms with Gasteiger partial charge in [-0.1, -0.05) is 53.1 Å². The molecule has 3 fully saturated rings. The van der Waals surface area contributed by atoms with Gasteiger partial charge in [0.05, 0.1) is 46.9 Å². The van der Waals surface area contributed by atoms with Crippen LogP contribution in [0.25, 0.3) is 0 Å². The molecule has 1 aromatic carbocycles. The quantitative estimate of drug-likeness (QED) is 0.0955. The molecule has 0 bridgehead atoms. The first-order chi connectivity index (χ1) is 31.5. The Balaban J connectivity index is 1.86. The number of carbonyl (C=O) groups excluding carboxylic acids is 1. The van der Waals surface area contributed by atoms with Crippen molar-refractivity contribution >= 4 is 27.6 Å². The number of nitrogens with zero attached hydrogens (tertiary/aromatic N) is 1. The molecule has 0 unspecified atom stereocenters. The van der Waals surface area contributed by atoms with E-state index in [4.69, 9.17) is 40.0 Å². The summed E-state index contributed by atoms with van der Waals surface area (Å²) in [7, 11) is -2.70. The lowest BCUT2D eigenvalue weighted by Crippen LogP contribution is -2.70. The molecule has 1 aromatic rings. The molecule has 19 heteroatoms. The Morgan fingerprint density at radius 1 is 0.971 bits per heavy atom. The summed E-state index contributed by atoms with van der Waals surface area (Å²) in [5, 5.41) is 67.6. The van der Waals surface area contributed by atoms with E-state index < -0.39 is 118 Å². The number of rotatable bonds is 15. The molecule has 3 aliphatic rings. The molecule has 0 spiro atoms. The molecule has 4 rings (SSSR count). The Hall–Kier alpha value is -1.59. The van der Waals surface area contributed by atoms with E-state index >= 15 is 0 Å². The molecule has 0 amide bonds. The SMILES string of the molecule is CCCNC[C@]1(O)[C@H](C)O[C@@H](O[C@H]2[C@H](C)[C@@H](O[C@@H]3O[C@H](C)C[C@H](N(CC(C)C)S(=O)(=O)c4ccc(Cl)cc4)[C@H]3O)[C@](C)(O)C[C@@H](C)CN[C@H](C)[C@@H](O)[C@](C)(O)[C@@H](CC)OC(=O)[C@@H]2C)C[C@@]1(C)OC. The van der Waals surface area contributed by atoms with Gasteiger partial charge in [0.1, 0.15) is 35.1 Å². The van der Waals surface area contributed by atoms with Gasteiger partial charge < -0.3 is 64.6 Å². The fourth-order valence-corrected chi connectivity index (χ4v) is 12.4. The van der Waals surface area contributed by atoms with Crippen LogP contribution in [0.4, 0.5) is 0 Å². The van der Waals surface area contributed by atoms with Crippen LogP contribution in [-0.2, 0) is 43.2 Å². The first-order valence-electron chi connectivity index (χ1n) is 24.6. The maximum absolute atomic E-state index is 14.6. The van der Waals surface area contributed by atoms with E-state index in [0.29, 0.717) is 11.6 Å². The number of methoxy groups -OCH3 is 1. The number of esters is 1. The predicted octanol–water partition coefficient (Wildman–Crippen LogP) is 4.37. The molecule has 0 saturated carbocycles. The van der Waals surface area contributed by atoms with E-state index in [1.807, 2.05) is 27.7 Å². The summed E-state index contributed by atoms with van der Waals surface area (Å²) in [5.41, 5.74) is -6.36. The molecule has 3 heterocycles. The molecular formula is C49H86ClN3O14S. The van der Waals surface area contributed by atoms with E-state index in [0.717, 1.165) is 6.42 Å². The number of carbonyl (C=O) groups is 1. The van der Waals surface area contributed by atoms with Crippen LogP contribution in [0, 0.1) is 23.7 Å². The second-order valence-electron chi connectivity index (χ2n) is 21.2. The molecule has 0 aliphatic carbocycles. The highest BCUT2D eigenvalue weighted by molar-refractivity contribution is 7.89. The maximum atomic E-state index is 14.6. The Kier molecular flexibility index (Phi) is 20.8. The van der Waals surface area contributed by atoms with E-state index in [1.165, 1.54) is 42.6 Å². The van der Waals surface area contributed by atoms with Crippen LogP contribution in [0.3, 0.4) is 0 Å². The third-order valence-corrected chi connectivity index (χ3v) is 16.8. The van der Waals surface area contributed by atoms with Crippen LogP contribution in [0.2, 0.25) is 5.02 Å². The first-order valence-corrected chi connectivity index (χ1v) is 26.4. The van der Waals surface area contributed by atoms with Crippen LogP contribution in [0.15, 0.2) is 29.2 Å². The van der Waals surface area contributed by atoms with Crippen LogP contribution >= 0.6 is 11.6 Å². The number of cyclic esters (lactones) is 1. The van der Waals surface area contributed by atoms with Crippen LogP contribution in [-0.4, -0.2) is 167 Å². The van der Waals surface area contributed by atoms with E-state index in [9.17, 15) is 38.7 Å². The summed E-state index contributed by atoms with van der Waals surface area (Å²) in [6.45, 7) is 23.9. The van der Waals surface area contributed by atoms with Crippen LogP contribution in [0.1, 0.15) is 122 Å². The third-order valence-electron chi connectivity index (χ3n) is 14.7. The number of nitrogens with one attached hydrogen (secondary N) is 2. The molecule has 3 aliphatic heterocycles. The molecular weight excluding hydrogens is 922 g/mol. The first kappa shape index (κ1) is 59.0. The van der Waals surface area contributed by atoms with Crippen molar-refractivity contribution in [3.05, 3.63) is 29.3 Å². The summed E-state index contributed by atoms with van der Waals surface area (Å²) >= 11 is 6.14. The van der Waals surface area contributed by atoms with Crippen molar-refractivity contribution in [2.75, 3.05) is 33.3 Å². The van der Waals surface area contributed by atoms with Gasteiger partial charge in [-0.2, -0.15) is 4.31 Å². The largest absolute Gasteiger partial charge is 0.459 e. The third kappa shape index (κ3) is 13.3. The molecule has 3 saturated heterocycles. The van der Waals surface area contributed by atoms with Crippen molar-refractivity contribution < 1.29 is 67.2 Å². The zero-order valence-electron chi connectivity index (χ0n) is 43.0. The fourth-order valence-electron chi connectivity index (χ4n) is 10.5. The van der Waals surface area contributed by atoms with Crippen LogP contribution < -0.4 is 10.6 Å². The summed E-state index contributed by atoms with van der Waals surface area (Å²) in [6, 6.07) is 4.14. The van der Waals surface area contributed by atoms with Crippen molar-refractivity contribution in [3.8, 4) is 0 Å². The number of hydrogen-bond donors (Lipinski definition) is 7. The average Bonchev–Trinajstić information content (AvgIpc) is 3.26. The normalized spacial score (nSPS) is 41.8. The van der Waals surface area contributed by atoms with Crippen molar-refractivity contribution in [1.82, 2.24) is 14.9 Å². The number of benzene rings is 1. The van der Waals surface area contributed by atoms with Gasteiger partial charge in [-0.25, -0.2) is 8.42 Å². The second kappa shape index (κ2) is 24.0. The van der Waals surface area contributed by atoms with E-state index in [2.05, 4.69) is 10.6 Å². The summed E-state index contributed by atoms with van der Waals surface area (Å²) in [5.74, 6) is -3.31. The fraction of sp³-hybridized carbons (Fsp3) is 0.857. The highest BCUT2D eigenvalue weighted by atomic mass is 35.5. The van der Waals surface area contributed by atoms with E-state index in [-0.39, 0.29) is 62.0 Å². The van der Waals surface area contributed by atoms with Gasteiger partial charge >= 0.3 is 5.97 Å². The molecule has 18 atom stereocenters. The van der Waals surface area contributed by atoms with Crippen molar-refractivity contribution in [2.24, 2.45) is 23.7 Å². The average molecular weight is 1010 g/mol. The Morgan fingerprint density at radius 3 is 2.18 bits per heavy atom. The topological polar surface area (TPSA) is 235 Å². The van der Waals surface area contributed by atoms with Gasteiger partial charge in [0.2, 0.25) is 10.0 Å². The molecule has 7 N–H and O–H groups in total.